The first kappa shape index (κ1) is 16.6. The van der Waals surface area contributed by atoms with E-state index in [4.69, 9.17) is 4.98 Å². The van der Waals surface area contributed by atoms with Gasteiger partial charge in [-0.3, -0.25) is 0 Å². The smallest absolute Gasteiger partial charge is 0.0829 e. The third-order valence-corrected chi connectivity index (χ3v) is 5.80. The fraction of sp³-hybridized carbons (Fsp3) is 0.381. The molecule has 25 heavy (non-hydrogen) atoms. The number of fused-ring (bicyclic) bond motifs is 1. The Balaban J connectivity index is 1.47. The molecular formula is C21H25N3S. The van der Waals surface area contributed by atoms with Gasteiger partial charge in [-0.15, -0.1) is 11.3 Å². The zero-order chi connectivity index (χ0) is 16.9. The Morgan fingerprint density at radius 2 is 1.92 bits per heavy atom. The standard InChI is InChI=1S/C21H25N3S/c1-4-12-24(13-5-1)14-7-11-22-19-16-20(21-10-6-15-25-21)23-18-9-3-2-8-17(18)19/h2-3,6,8-10,15-16H,1,4-5,7,11-14H2,(H,22,23). The molecule has 3 nitrogen and oxygen atoms in total. The lowest BCUT2D eigenvalue weighted by Crippen LogP contribution is -2.31. The summed E-state index contributed by atoms with van der Waals surface area (Å²) >= 11 is 1.74. The van der Waals surface area contributed by atoms with Gasteiger partial charge in [-0.1, -0.05) is 30.7 Å². The summed E-state index contributed by atoms with van der Waals surface area (Å²) in [6, 6.07) is 14.8. The van der Waals surface area contributed by atoms with Crippen LogP contribution in [0.3, 0.4) is 0 Å². The third kappa shape index (κ3) is 4.02. The zero-order valence-electron chi connectivity index (χ0n) is 14.6. The summed E-state index contributed by atoms with van der Waals surface area (Å²) in [7, 11) is 0. The largest absolute Gasteiger partial charge is 0.384 e. The first-order valence-electron chi connectivity index (χ1n) is 9.30. The zero-order valence-corrected chi connectivity index (χ0v) is 15.4. The predicted octanol–water partition coefficient (Wildman–Crippen LogP) is 5.25. The summed E-state index contributed by atoms with van der Waals surface area (Å²) in [6.07, 6.45) is 5.33. The second kappa shape index (κ2) is 7.98. The quantitative estimate of drug-likeness (QED) is 0.615. The van der Waals surface area contributed by atoms with Crippen molar-refractivity contribution < 1.29 is 0 Å². The van der Waals surface area contributed by atoms with Crippen LogP contribution in [-0.2, 0) is 0 Å². The highest BCUT2D eigenvalue weighted by Crippen LogP contribution is 2.30. The number of likely N-dealkylation sites (tertiary alicyclic amines) is 1. The molecule has 0 atom stereocenters. The molecule has 0 unspecified atom stereocenters. The lowest BCUT2D eigenvalue weighted by atomic mass is 10.1. The first-order valence-corrected chi connectivity index (χ1v) is 10.2. The van der Waals surface area contributed by atoms with Crippen LogP contribution in [0.2, 0.25) is 0 Å². The molecule has 2 aromatic heterocycles. The molecule has 0 aliphatic carbocycles. The van der Waals surface area contributed by atoms with Gasteiger partial charge >= 0.3 is 0 Å². The molecule has 1 aromatic carbocycles. The molecule has 1 saturated heterocycles. The van der Waals surface area contributed by atoms with E-state index in [0.717, 1.165) is 17.8 Å². The maximum Gasteiger partial charge on any atom is 0.0829 e. The highest BCUT2D eigenvalue weighted by molar-refractivity contribution is 7.13. The van der Waals surface area contributed by atoms with E-state index in [2.05, 4.69) is 58.1 Å². The van der Waals surface area contributed by atoms with Crippen molar-refractivity contribution in [1.29, 1.82) is 0 Å². The van der Waals surface area contributed by atoms with Crippen molar-refractivity contribution >= 4 is 27.9 Å². The highest BCUT2D eigenvalue weighted by atomic mass is 32.1. The molecule has 1 N–H and O–H groups in total. The Hall–Kier alpha value is -1.91. The molecule has 1 aliphatic rings. The molecule has 130 valence electrons. The van der Waals surface area contributed by atoms with Gasteiger partial charge in [0.25, 0.3) is 0 Å². The lowest BCUT2D eigenvalue weighted by Gasteiger charge is -2.26. The van der Waals surface area contributed by atoms with Crippen molar-refractivity contribution in [1.82, 2.24) is 9.88 Å². The maximum absolute atomic E-state index is 4.84. The maximum atomic E-state index is 4.84. The van der Waals surface area contributed by atoms with Crippen LogP contribution in [0.15, 0.2) is 47.8 Å². The number of anilines is 1. The predicted molar refractivity (Wildman–Crippen MR) is 108 cm³/mol. The average molecular weight is 352 g/mol. The van der Waals surface area contributed by atoms with Crippen molar-refractivity contribution in [2.24, 2.45) is 0 Å². The molecule has 0 saturated carbocycles. The van der Waals surface area contributed by atoms with Crippen LogP contribution < -0.4 is 5.32 Å². The van der Waals surface area contributed by atoms with Crippen molar-refractivity contribution in [3.8, 4) is 10.6 Å². The minimum Gasteiger partial charge on any atom is -0.384 e. The minimum absolute atomic E-state index is 1.01. The molecular weight excluding hydrogens is 326 g/mol. The summed E-state index contributed by atoms with van der Waals surface area (Å²) < 4.78 is 0. The molecule has 3 heterocycles. The van der Waals surface area contributed by atoms with E-state index in [1.165, 1.54) is 61.3 Å². The molecule has 3 aromatic rings. The Morgan fingerprint density at radius 1 is 1.04 bits per heavy atom. The number of thiophene rings is 1. The van der Waals surface area contributed by atoms with E-state index >= 15 is 0 Å². The summed E-state index contributed by atoms with van der Waals surface area (Å²) in [5.41, 5.74) is 3.33. The SMILES string of the molecule is c1csc(-c2cc(NCCCN3CCCCC3)c3ccccc3n2)c1. The van der Waals surface area contributed by atoms with E-state index < -0.39 is 0 Å². The molecule has 4 heteroatoms. The van der Waals surface area contributed by atoms with Crippen molar-refractivity contribution in [3.63, 3.8) is 0 Å². The van der Waals surface area contributed by atoms with Crippen LogP contribution in [0.25, 0.3) is 21.5 Å². The van der Waals surface area contributed by atoms with Crippen LogP contribution >= 0.6 is 11.3 Å². The van der Waals surface area contributed by atoms with Crippen LogP contribution in [0.1, 0.15) is 25.7 Å². The van der Waals surface area contributed by atoms with Crippen LogP contribution in [-0.4, -0.2) is 36.1 Å². The summed E-state index contributed by atoms with van der Waals surface area (Å²) in [6.45, 7) is 4.77. The van der Waals surface area contributed by atoms with Gasteiger partial charge in [0, 0.05) is 17.6 Å². The fourth-order valence-electron chi connectivity index (χ4n) is 3.58. The first-order chi connectivity index (χ1) is 12.4. The van der Waals surface area contributed by atoms with Gasteiger partial charge in [0.2, 0.25) is 0 Å². The molecule has 4 rings (SSSR count). The number of rotatable bonds is 6. The second-order valence-electron chi connectivity index (χ2n) is 6.73. The molecule has 0 radical (unpaired) electrons. The van der Waals surface area contributed by atoms with E-state index in [1.54, 1.807) is 11.3 Å². The molecule has 0 spiro atoms. The molecule has 0 amide bonds. The van der Waals surface area contributed by atoms with Gasteiger partial charge in [-0.2, -0.15) is 0 Å². The monoisotopic (exact) mass is 351 g/mol. The summed E-state index contributed by atoms with van der Waals surface area (Å²) in [4.78, 5) is 8.67. The van der Waals surface area contributed by atoms with Crippen molar-refractivity contribution in [2.45, 2.75) is 25.7 Å². The Bertz CT molecular complexity index is 807. The van der Waals surface area contributed by atoms with Gasteiger partial charge in [-0.05, 0) is 62.5 Å². The van der Waals surface area contributed by atoms with E-state index in [1.807, 2.05) is 0 Å². The van der Waals surface area contributed by atoms with Crippen molar-refractivity contribution in [2.75, 3.05) is 31.5 Å². The number of piperidine rings is 1. The van der Waals surface area contributed by atoms with Gasteiger partial charge in [-0.25, -0.2) is 4.98 Å². The number of pyridine rings is 1. The summed E-state index contributed by atoms with van der Waals surface area (Å²) in [5.74, 6) is 0. The minimum atomic E-state index is 1.01. The van der Waals surface area contributed by atoms with Crippen molar-refractivity contribution in [3.05, 3.63) is 47.8 Å². The number of nitrogens with one attached hydrogen (secondary N) is 1. The second-order valence-corrected chi connectivity index (χ2v) is 7.68. The summed E-state index contributed by atoms with van der Waals surface area (Å²) in [5, 5.41) is 6.99. The number of benzene rings is 1. The van der Waals surface area contributed by atoms with Crippen LogP contribution in [0.4, 0.5) is 5.69 Å². The van der Waals surface area contributed by atoms with Crippen LogP contribution in [0.5, 0.6) is 0 Å². The topological polar surface area (TPSA) is 28.2 Å². The number of nitrogens with zero attached hydrogens (tertiary/aromatic N) is 2. The lowest BCUT2D eigenvalue weighted by molar-refractivity contribution is 0.228. The van der Waals surface area contributed by atoms with E-state index in [-0.39, 0.29) is 0 Å². The fourth-order valence-corrected chi connectivity index (χ4v) is 4.27. The number of hydrogen-bond acceptors (Lipinski definition) is 4. The molecule has 1 aliphatic heterocycles. The molecule has 1 fully saturated rings. The third-order valence-electron chi connectivity index (χ3n) is 4.91. The Labute approximate surface area is 153 Å². The van der Waals surface area contributed by atoms with Gasteiger partial charge in [0.1, 0.15) is 0 Å². The van der Waals surface area contributed by atoms with Gasteiger partial charge in [0.05, 0.1) is 16.1 Å². The number of hydrogen-bond donors (Lipinski definition) is 1. The van der Waals surface area contributed by atoms with Gasteiger partial charge in [0.15, 0.2) is 0 Å². The normalized spacial score (nSPS) is 15.5. The average Bonchev–Trinajstić information content (AvgIpc) is 3.20. The Morgan fingerprint density at radius 3 is 2.76 bits per heavy atom. The van der Waals surface area contributed by atoms with E-state index in [0.29, 0.717) is 0 Å². The molecule has 0 bridgehead atoms. The number of para-hydroxylation sites is 1. The van der Waals surface area contributed by atoms with Crippen LogP contribution in [0, 0.1) is 0 Å². The van der Waals surface area contributed by atoms with E-state index in [9.17, 15) is 0 Å². The number of aromatic nitrogens is 1. The Kier molecular flexibility index (Phi) is 5.28. The highest BCUT2D eigenvalue weighted by Gasteiger charge is 2.10. The van der Waals surface area contributed by atoms with Gasteiger partial charge < -0.3 is 10.2 Å².